The molecule has 50 heavy (non-hydrogen) atoms. The Bertz CT molecular complexity index is 2090. The molecule has 2 atom stereocenters. The zero-order valence-corrected chi connectivity index (χ0v) is 28.3. The summed E-state index contributed by atoms with van der Waals surface area (Å²) in [5.41, 5.74) is 10.5. The number of nitrogens with two attached hydrogens (primary N) is 1. The Morgan fingerprint density at radius 1 is 0.920 bits per heavy atom. The van der Waals surface area contributed by atoms with Gasteiger partial charge in [-0.15, -0.1) is 11.3 Å². The van der Waals surface area contributed by atoms with Crippen molar-refractivity contribution in [3.8, 4) is 39.9 Å². The number of amides is 1. The van der Waals surface area contributed by atoms with Gasteiger partial charge in [-0.3, -0.25) is 9.59 Å². The fraction of sp³-hybridized carbons (Fsp3) is 0.162. The summed E-state index contributed by atoms with van der Waals surface area (Å²) < 4.78 is 17.9. The Morgan fingerprint density at radius 3 is 2.30 bits per heavy atom. The first-order valence-electron chi connectivity index (χ1n) is 15.5. The van der Waals surface area contributed by atoms with Crippen molar-refractivity contribution in [2.75, 3.05) is 27.9 Å². The van der Waals surface area contributed by atoms with E-state index in [1.165, 1.54) is 56.1 Å². The maximum Gasteiger partial charge on any atom is 0.255 e. The van der Waals surface area contributed by atoms with Crippen LogP contribution < -0.4 is 25.3 Å². The molecular formula is C37H34N6O6S. The highest BCUT2D eigenvalue weighted by Gasteiger charge is 2.27. The number of thiazole rings is 1. The fourth-order valence-corrected chi connectivity index (χ4v) is 6.69. The van der Waals surface area contributed by atoms with Crippen molar-refractivity contribution >= 4 is 23.0 Å². The number of benzene rings is 4. The molecule has 6 rings (SSSR count). The first kappa shape index (κ1) is 33.8. The number of phenolic OH excluding ortho intramolecular Hbond substituents is 1. The van der Waals surface area contributed by atoms with Crippen molar-refractivity contribution in [3.05, 3.63) is 130 Å². The molecule has 0 fully saturated rings. The number of aromatic hydroxyl groups is 1. The van der Waals surface area contributed by atoms with Crippen LogP contribution in [0.2, 0.25) is 0 Å². The zero-order chi connectivity index (χ0) is 35.2. The lowest BCUT2D eigenvalue weighted by molar-refractivity contribution is 0.0947. The summed E-state index contributed by atoms with van der Waals surface area (Å²) in [5, 5.41) is 20.0. The second-order valence-electron chi connectivity index (χ2n) is 11.2. The minimum absolute atomic E-state index is 0.107. The third-order valence-corrected chi connectivity index (χ3v) is 9.08. The van der Waals surface area contributed by atoms with Crippen molar-refractivity contribution in [2.45, 2.75) is 12.0 Å². The number of ether oxygens (including phenoxy) is 3. The maximum atomic E-state index is 14.0. The van der Waals surface area contributed by atoms with E-state index in [1.54, 1.807) is 36.4 Å². The van der Waals surface area contributed by atoms with Crippen LogP contribution >= 0.6 is 11.3 Å². The van der Waals surface area contributed by atoms with Crippen LogP contribution in [0.5, 0.6) is 23.0 Å². The van der Waals surface area contributed by atoms with Gasteiger partial charge in [0.1, 0.15) is 23.4 Å². The molecule has 0 radical (unpaired) electrons. The molecule has 0 saturated heterocycles. The van der Waals surface area contributed by atoms with Crippen molar-refractivity contribution in [1.29, 1.82) is 0 Å². The largest absolute Gasteiger partial charge is 0.507 e. The summed E-state index contributed by atoms with van der Waals surface area (Å²) >= 11 is 1.45. The molecule has 12 nitrogen and oxygen atoms in total. The van der Waals surface area contributed by atoms with Gasteiger partial charge in [0.2, 0.25) is 5.75 Å². The van der Waals surface area contributed by atoms with Gasteiger partial charge in [-0.05, 0) is 42.0 Å². The van der Waals surface area contributed by atoms with Gasteiger partial charge in [-0.2, -0.15) is 5.10 Å². The fourth-order valence-electron chi connectivity index (χ4n) is 5.66. The number of nitrogens with one attached hydrogen (secondary N) is 1. The number of hydrogen-bond acceptors (Lipinski definition) is 11. The van der Waals surface area contributed by atoms with Gasteiger partial charge in [-0.1, -0.05) is 48.5 Å². The van der Waals surface area contributed by atoms with Gasteiger partial charge in [0.15, 0.2) is 17.3 Å². The SMILES string of the molecule is COc1cc(C(=O)c2ccc(-c3csc(C(c4ccccc4)C(N)CNC(=O)c4ccccc4O)n3)cc2-n2cncn2)cc(OC)c1OC. The average molecular weight is 691 g/mol. The lowest BCUT2D eigenvalue weighted by atomic mass is 9.92. The van der Waals surface area contributed by atoms with E-state index in [0.29, 0.717) is 39.8 Å². The van der Waals surface area contributed by atoms with E-state index in [1.807, 2.05) is 47.8 Å². The number of para-hydroxylation sites is 1. The third kappa shape index (κ3) is 6.90. The monoisotopic (exact) mass is 690 g/mol. The molecule has 2 aromatic heterocycles. The molecule has 4 N–H and O–H groups in total. The molecule has 13 heteroatoms. The summed E-state index contributed by atoms with van der Waals surface area (Å²) in [6, 6.07) is 24.1. The molecule has 2 unspecified atom stereocenters. The Morgan fingerprint density at radius 2 is 1.64 bits per heavy atom. The van der Waals surface area contributed by atoms with E-state index < -0.39 is 11.9 Å². The molecule has 0 aliphatic carbocycles. The summed E-state index contributed by atoms with van der Waals surface area (Å²) in [4.78, 5) is 36.0. The van der Waals surface area contributed by atoms with E-state index in [9.17, 15) is 14.7 Å². The summed E-state index contributed by atoms with van der Waals surface area (Å²) in [7, 11) is 4.48. The Balaban J connectivity index is 1.33. The predicted molar refractivity (Wildman–Crippen MR) is 189 cm³/mol. The normalized spacial score (nSPS) is 12.2. The van der Waals surface area contributed by atoms with Crippen molar-refractivity contribution in [3.63, 3.8) is 0 Å². The van der Waals surface area contributed by atoms with E-state index in [2.05, 4.69) is 15.4 Å². The number of nitrogens with zero attached hydrogens (tertiary/aromatic N) is 4. The van der Waals surface area contributed by atoms with Gasteiger partial charge in [0, 0.05) is 34.7 Å². The van der Waals surface area contributed by atoms with Gasteiger partial charge >= 0.3 is 0 Å². The van der Waals surface area contributed by atoms with E-state index in [-0.39, 0.29) is 29.6 Å². The number of hydrogen-bond donors (Lipinski definition) is 3. The standard InChI is InChI=1S/C37H34N6O6S/c1-47-31-16-24(17-32(48-2)35(31)49-3)34(45)25-14-13-23(15-29(25)43-21-39-20-41-43)28-19-50-37(42-28)33(22-9-5-4-6-10-22)27(38)18-40-36(46)26-11-7-8-12-30(26)44/h4-17,19-21,27,33,44H,18,38H2,1-3H3,(H,40,46). The summed E-state index contributed by atoms with van der Waals surface area (Å²) in [6.07, 6.45) is 2.91. The van der Waals surface area contributed by atoms with Crippen LogP contribution in [0.3, 0.4) is 0 Å². The van der Waals surface area contributed by atoms with Crippen LogP contribution in [0.4, 0.5) is 0 Å². The minimum atomic E-state index is -0.546. The second-order valence-corrected chi connectivity index (χ2v) is 12.1. The lowest BCUT2D eigenvalue weighted by Gasteiger charge is -2.23. The van der Waals surface area contributed by atoms with Crippen LogP contribution in [0.1, 0.15) is 42.8 Å². The van der Waals surface area contributed by atoms with Gasteiger partial charge in [0.25, 0.3) is 5.91 Å². The Kier molecular flexibility index (Phi) is 10.2. The number of ketones is 1. The van der Waals surface area contributed by atoms with Crippen molar-refractivity contribution in [1.82, 2.24) is 25.1 Å². The molecule has 0 aliphatic heterocycles. The summed E-state index contributed by atoms with van der Waals surface area (Å²) in [6.45, 7) is 0.135. The quantitative estimate of drug-likeness (QED) is 0.137. The first-order chi connectivity index (χ1) is 24.3. The van der Waals surface area contributed by atoms with Crippen LogP contribution in [0.15, 0.2) is 103 Å². The smallest absolute Gasteiger partial charge is 0.255 e. The lowest BCUT2D eigenvalue weighted by Crippen LogP contribution is -2.41. The van der Waals surface area contributed by atoms with Crippen LogP contribution in [-0.4, -0.2) is 70.5 Å². The zero-order valence-electron chi connectivity index (χ0n) is 27.4. The molecule has 2 heterocycles. The number of carbonyl (C=O) groups is 2. The van der Waals surface area contributed by atoms with Gasteiger partial charge < -0.3 is 30.4 Å². The summed E-state index contributed by atoms with van der Waals surface area (Å²) in [5.74, 6) is -0.0852. The number of aromatic nitrogens is 4. The predicted octanol–water partition coefficient (Wildman–Crippen LogP) is 5.24. The maximum absolute atomic E-state index is 14.0. The molecule has 4 aromatic carbocycles. The molecule has 0 saturated carbocycles. The van der Waals surface area contributed by atoms with Crippen molar-refractivity contribution < 1.29 is 28.9 Å². The molecule has 0 aliphatic rings. The minimum Gasteiger partial charge on any atom is -0.507 e. The third-order valence-electron chi connectivity index (χ3n) is 8.15. The van der Waals surface area contributed by atoms with Gasteiger partial charge in [-0.25, -0.2) is 14.6 Å². The molecule has 0 spiro atoms. The van der Waals surface area contributed by atoms with Crippen LogP contribution in [0.25, 0.3) is 16.9 Å². The number of rotatable bonds is 13. The molecular weight excluding hydrogens is 657 g/mol. The Labute approximate surface area is 292 Å². The van der Waals surface area contributed by atoms with E-state index in [4.69, 9.17) is 24.9 Å². The number of phenols is 1. The number of carbonyl (C=O) groups excluding carboxylic acids is 2. The van der Waals surface area contributed by atoms with E-state index in [0.717, 1.165) is 16.1 Å². The second kappa shape index (κ2) is 15.0. The highest BCUT2D eigenvalue weighted by atomic mass is 32.1. The first-order valence-corrected chi connectivity index (χ1v) is 16.4. The van der Waals surface area contributed by atoms with Crippen molar-refractivity contribution in [2.24, 2.45) is 5.73 Å². The molecule has 6 aromatic rings. The highest BCUT2D eigenvalue weighted by molar-refractivity contribution is 7.10. The van der Waals surface area contributed by atoms with Crippen LogP contribution in [-0.2, 0) is 0 Å². The number of methoxy groups -OCH3 is 3. The molecule has 1 amide bonds. The van der Waals surface area contributed by atoms with E-state index >= 15 is 0 Å². The molecule has 254 valence electrons. The topological polar surface area (TPSA) is 164 Å². The molecule has 0 bridgehead atoms. The highest BCUT2D eigenvalue weighted by Crippen LogP contribution is 2.39. The van der Waals surface area contributed by atoms with Gasteiger partial charge in [0.05, 0.1) is 44.2 Å². The Hall–Kier alpha value is -6.05. The average Bonchev–Trinajstić information content (AvgIpc) is 3.87. The van der Waals surface area contributed by atoms with Crippen LogP contribution in [0, 0.1) is 0 Å².